The van der Waals surface area contributed by atoms with Gasteiger partial charge in [0.25, 0.3) is 11.8 Å². The van der Waals surface area contributed by atoms with Crippen molar-refractivity contribution in [3.05, 3.63) is 189 Å². The molecule has 0 unspecified atom stereocenters. The molecule has 0 aromatic heterocycles. The second-order valence-electron chi connectivity index (χ2n) is 13.8. The van der Waals surface area contributed by atoms with Crippen molar-refractivity contribution in [2.24, 2.45) is 9.98 Å². The normalized spacial score (nSPS) is 17.3. The zero-order chi connectivity index (χ0) is 38.8. The van der Waals surface area contributed by atoms with Gasteiger partial charge in [0, 0.05) is 0 Å². The quantitative estimate of drug-likeness (QED) is 0.152. The third-order valence-electron chi connectivity index (χ3n) is 9.53. The van der Waals surface area contributed by atoms with Crippen LogP contribution in [0.25, 0.3) is 23.3 Å². The van der Waals surface area contributed by atoms with E-state index in [1.54, 1.807) is 9.80 Å². The maximum absolute atomic E-state index is 14.1. The van der Waals surface area contributed by atoms with Gasteiger partial charge in [0.2, 0.25) is 0 Å². The fourth-order valence-electron chi connectivity index (χ4n) is 6.55. The van der Waals surface area contributed by atoms with Crippen molar-refractivity contribution in [2.75, 3.05) is 9.80 Å². The van der Waals surface area contributed by atoms with Gasteiger partial charge in [-0.2, -0.15) is 0 Å². The van der Waals surface area contributed by atoms with Crippen molar-refractivity contribution in [2.45, 2.75) is 27.7 Å². The predicted molar refractivity (Wildman–Crippen MR) is 237 cm³/mol. The van der Waals surface area contributed by atoms with Crippen LogP contribution < -0.4 is 9.80 Å². The topological polar surface area (TPSA) is 65.3 Å². The van der Waals surface area contributed by atoms with Crippen LogP contribution in [0.2, 0.25) is 0 Å². The Kier molecular flexibility index (Phi) is 10.4. The summed E-state index contributed by atoms with van der Waals surface area (Å²) in [4.78, 5) is 42.8. The second-order valence-corrected chi connectivity index (χ2v) is 15.8. The minimum Gasteiger partial charge on any atom is -0.268 e. The van der Waals surface area contributed by atoms with Crippen molar-refractivity contribution in [3.8, 4) is 11.1 Å². The maximum Gasteiger partial charge on any atom is 0.271 e. The van der Waals surface area contributed by atoms with Crippen LogP contribution in [0.1, 0.15) is 33.4 Å². The van der Waals surface area contributed by atoms with Crippen LogP contribution in [0, 0.1) is 27.7 Å². The van der Waals surface area contributed by atoms with Gasteiger partial charge in [0.05, 0.1) is 32.6 Å². The highest BCUT2D eigenvalue weighted by Gasteiger charge is 2.37. The maximum atomic E-state index is 14.1. The Labute approximate surface area is 336 Å². The molecule has 6 aromatic rings. The summed E-state index contributed by atoms with van der Waals surface area (Å²) in [6.45, 7) is 8.13. The molecule has 0 N–H and O–H groups in total. The van der Waals surface area contributed by atoms with Crippen LogP contribution in [0.4, 0.5) is 22.7 Å². The Bertz CT molecular complexity index is 2410. The van der Waals surface area contributed by atoms with Crippen molar-refractivity contribution in [3.63, 3.8) is 0 Å². The number of amides is 2. The average Bonchev–Trinajstić information content (AvgIpc) is 3.67. The van der Waals surface area contributed by atoms with E-state index in [-0.39, 0.29) is 11.8 Å². The minimum absolute atomic E-state index is 0.113. The smallest absolute Gasteiger partial charge is 0.268 e. The van der Waals surface area contributed by atoms with Gasteiger partial charge in [0.15, 0.2) is 10.3 Å². The third kappa shape index (κ3) is 7.80. The summed E-state index contributed by atoms with van der Waals surface area (Å²) < 4.78 is 0. The van der Waals surface area contributed by atoms with Gasteiger partial charge < -0.3 is 0 Å². The van der Waals surface area contributed by atoms with E-state index in [9.17, 15) is 9.59 Å². The van der Waals surface area contributed by atoms with Crippen LogP contribution in [-0.4, -0.2) is 22.1 Å². The zero-order valence-corrected chi connectivity index (χ0v) is 33.1. The fraction of sp³-hybridized carbons (Fsp3) is 0.0833. The molecule has 2 aliphatic rings. The summed E-state index contributed by atoms with van der Waals surface area (Å²) in [6, 6.07) is 48.0. The summed E-state index contributed by atoms with van der Waals surface area (Å²) >= 11 is 2.76. The van der Waals surface area contributed by atoms with Gasteiger partial charge in [-0.3, -0.25) is 19.4 Å². The number of carbonyl (C=O) groups is 2. The number of hydrogen-bond donors (Lipinski definition) is 0. The van der Waals surface area contributed by atoms with Crippen LogP contribution in [0.5, 0.6) is 0 Å². The summed E-state index contributed by atoms with van der Waals surface area (Å²) in [5.41, 5.74) is 11.2. The van der Waals surface area contributed by atoms with Gasteiger partial charge in [-0.25, -0.2) is 9.98 Å². The second kappa shape index (κ2) is 15.9. The SMILES string of the molecule is Cc1ccc(N=C2S/C(=C/c3ccccc3)C(=O)N2c2ccc(-c3ccc(N4C(=O)/C(=C\c5ccccc5)SC4=Nc4ccc(C)cc4)c(C)c3)cc2C)cc1. The number of amidine groups is 2. The molecule has 56 heavy (non-hydrogen) atoms. The Balaban J connectivity index is 1.12. The molecule has 8 rings (SSSR count). The van der Waals surface area contributed by atoms with E-state index in [1.807, 2.05) is 173 Å². The van der Waals surface area contributed by atoms with Crippen LogP contribution >= 0.6 is 23.5 Å². The molecule has 0 aliphatic carbocycles. The lowest BCUT2D eigenvalue weighted by Gasteiger charge is -2.20. The molecule has 2 saturated heterocycles. The summed E-state index contributed by atoms with van der Waals surface area (Å²) in [5, 5.41) is 1.21. The largest absolute Gasteiger partial charge is 0.271 e. The number of hydrogen-bond acceptors (Lipinski definition) is 6. The standard InChI is InChI=1S/C48H38N4O2S2/c1-31-15-21-39(22-16-31)49-47-51(45(53)43(55-47)29-35-11-7-5-8-12-35)41-25-19-37(27-33(41)3)38-20-26-42(34(4)28-38)52-46(54)44(30-36-13-9-6-10-14-36)56-48(52)50-40-23-17-32(2)18-24-40/h5-30H,1-4H3/b43-29+,44-30+,49-47?,50-48?. The van der Waals surface area contributed by atoms with Crippen molar-refractivity contribution < 1.29 is 9.59 Å². The molecule has 6 aromatic carbocycles. The molecular weight excluding hydrogens is 729 g/mol. The van der Waals surface area contributed by atoms with Crippen molar-refractivity contribution in [1.82, 2.24) is 0 Å². The Morgan fingerprint density at radius 2 is 0.839 bits per heavy atom. The van der Waals surface area contributed by atoms with Crippen LogP contribution in [-0.2, 0) is 9.59 Å². The Morgan fingerprint density at radius 3 is 1.20 bits per heavy atom. The number of aliphatic imine (C=N–C) groups is 2. The van der Waals surface area contributed by atoms with Gasteiger partial charge in [-0.05, 0) is 145 Å². The van der Waals surface area contributed by atoms with Gasteiger partial charge in [-0.15, -0.1) is 0 Å². The number of nitrogens with zero attached hydrogens (tertiary/aromatic N) is 4. The number of thioether (sulfide) groups is 2. The van der Waals surface area contributed by atoms with Crippen LogP contribution in [0.3, 0.4) is 0 Å². The molecule has 2 heterocycles. The monoisotopic (exact) mass is 766 g/mol. The lowest BCUT2D eigenvalue weighted by Crippen LogP contribution is -2.29. The van der Waals surface area contributed by atoms with E-state index in [2.05, 4.69) is 12.1 Å². The van der Waals surface area contributed by atoms with Crippen molar-refractivity contribution in [1.29, 1.82) is 0 Å². The molecule has 0 spiro atoms. The molecular formula is C48H38N4O2S2. The first-order valence-electron chi connectivity index (χ1n) is 18.3. The number of carbonyl (C=O) groups excluding carboxylic acids is 2. The van der Waals surface area contributed by atoms with Gasteiger partial charge >= 0.3 is 0 Å². The third-order valence-corrected chi connectivity index (χ3v) is 11.5. The molecule has 274 valence electrons. The summed E-state index contributed by atoms with van der Waals surface area (Å²) in [5.74, 6) is -0.226. The van der Waals surface area contributed by atoms with Gasteiger partial charge in [0.1, 0.15) is 0 Å². The molecule has 0 saturated carbocycles. The molecule has 2 fully saturated rings. The first-order valence-corrected chi connectivity index (χ1v) is 19.9. The van der Waals surface area contributed by atoms with E-state index in [4.69, 9.17) is 9.98 Å². The highest BCUT2D eigenvalue weighted by Crippen LogP contribution is 2.42. The molecule has 0 bridgehead atoms. The van der Waals surface area contributed by atoms with E-state index < -0.39 is 0 Å². The minimum atomic E-state index is -0.113. The molecule has 8 heteroatoms. The van der Waals surface area contributed by atoms with E-state index in [0.717, 1.165) is 67.3 Å². The first kappa shape index (κ1) is 36.7. The molecule has 0 radical (unpaired) electrons. The number of aryl methyl sites for hydroxylation is 4. The predicted octanol–water partition coefficient (Wildman–Crippen LogP) is 12.2. The molecule has 2 aliphatic heterocycles. The highest BCUT2D eigenvalue weighted by molar-refractivity contribution is 8.19. The Morgan fingerprint density at radius 1 is 0.464 bits per heavy atom. The van der Waals surface area contributed by atoms with Gasteiger partial charge in [-0.1, -0.05) is 108 Å². The summed E-state index contributed by atoms with van der Waals surface area (Å²) in [6.07, 6.45) is 3.85. The number of anilines is 2. The molecule has 6 nitrogen and oxygen atoms in total. The average molecular weight is 767 g/mol. The highest BCUT2D eigenvalue weighted by atomic mass is 32.2. The lowest BCUT2D eigenvalue weighted by atomic mass is 9.99. The van der Waals surface area contributed by atoms with Crippen molar-refractivity contribution >= 4 is 80.6 Å². The lowest BCUT2D eigenvalue weighted by molar-refractivity contribution is -0.114. The summed E-state index contributed by atoms with van der Waals surface area (Å²) in [7, 11) is 0. The number of rotatable bonds is 7. The van der Waals surface area contributed by atoms with Crippen LogP contribution in [0.15, 0.2) is 165 Å². The molecule has 0 atom stereocenters. The fourth-order valence-corrected chi connectivity index (χ4v) is 8.54. The zero-order valence-electron chi connectivity index (χ0n) is 31.4. The Hall–Kier alpha value is -6.22. The first-order chi connectivity index (χ1) is 27.2. The number of benzene rings is 6. The molecule has 2 amide bonds. The van der Waals surface area contributed by atoms with E-state index in [0.29, 0.717) is 20.1 Å². The van der Waals surface area contributed by atoms with E-state index in [1.165, 1.54) is 23.5 Å². The van der Waals surface area contributed by atoms with E-state index >= 15 is 0 Å².